The molecule has 0 aliphatic carbocycles. The topological polar surface area (TPSA) is 48.1 Å². The van der Waals surface area contributed by atoms with Gasteiger partial charge in [0.25, 0.3) is 0 Å². The quantitative estimate of drug-likeness (QED) is 0.720. The largest absolute Gasteiger partial charge is 0.383 e. The van der Waals surface area contributed by atoms with Crippen LogP contribution in [0.15, 0.2) is 0 Å². The van der Waals surface area contributed by atoms with E-state index >= 15 is 0 Å². The van der Waals surface area contributed by atoms with E-state index in [1.807, 2.05) is 6.92 Å². The summed E-state index contributed by atoms with van der Waals surface area (Å²) in [5.41, 5.74) is 5.67. The first-order valence-corrected chi connectivity index (χ1v) is 4.89. The molecule has 4 heteroatoms. The molecule has 1 aromatic heterocycles. The normalized spacial score (nSPS) is 23.2. The molecule has 12 heavy (non-hydrogen) atoms. The van der Waals surface area contributed by atoms with E-state index in [2.05, 4.69) is 4.98 Å². The van der Waals surface area contributed by atoms with Gasteiger partial charge in [-0.05, 0) is 13.3 Å². The van der Waals surface area contributed by atoms with Crippen molar-refractivity contribution in [3.8, 4) is 0 Å². The Morgan fingerprint density at radius 1 is 1.67 bits per heavy atom. The number of hydrogen-bond acceptors (Lipinski definition) is 4. The highest BCUT2D eigenvalue weighted by Crippen LogP contribution is 2.30. The fourth-order valence-electron chi connectivity index (χ4n) is 1.33. The molecule has 1 saturated heterocycles. The number of nitrogens with zero attached hydrogens (tertiary/aromatic N) is 1. The summed E-state index contributed by atoms with van der Waals surface area (Å²) in [7, 11) is 0. The minimum atomic E-state index is 0.492. The van der Waals surface area contributed by atoms with Gasteiger partial charge in [0.2, 0.25) is 0 Å². The van der Waals surface area contributed by atoms with E-state index in [0.717, 1.165) is 29.5 Å². The van der Waals surface area contributed by atoms with Crippen molar-refractivity contribution in [1.82, 2.24) is 4.98 Å². The van der Waals surface area contributed by atoms with Gasteiger partial charge in [0.05, 0.1) is 6.61 Å². The Kier molecular flexibility index (Phi) is 2.02. The molecule has 0 spiro atoms. The van der Waals surface area contributed by atoms with E-state index in [-0.39, 0.29) is 0 Å². The van der Waals surface area contributed by atoms with E-state index in [4.69, 9.17) is 10.5 Å². The van der Waals surface area contributed by atoms with Crippen molar-refractivity contribution < 1.29 is 4.74 Å². The number of aryl methyl sites for hydroxylation is 1. The molecule has 1 aromatic rings. The molecule has 1 aliphatic rings. The van der Waals surface area contributed by atoms with Gasteiger partial charge in [-0.25, -0.2) is 4.98 Å². The molecule has 1 aliphatic heterocycles. The Balaban J connectivity index is 2.21. The lowest BCUT2D eigenvalue weighted by Crippen LogP contribution is -1.96. The first-order valence-electron chi connectivity index (χ1n) is 4.08. The molecule has 2 rings (SSSR count). The standard InChI is InChI=1S/C8H12N2OS/c1-5-7(9)10-8(12-5)6-2-3-11-4-6/h6H,2-4,9H2,1H3. The first kappa shape index (κ1) is 8.01. The minimum Gasteiger partial charge on any atom is -0.383 e. The minimum absolute atomic E-state index is 0.492. The monoisotopic (exact) mass is 184 g/mol. The molecule has 0 saturated carbocycles. The van der Waals surface area contributed by atoms with Crippen LogP contribution in [0.3, 0.4) is 0 Å². The fraction of sp³-hybridized carbons (Fsp3) is 0.625. The lowest BCUT2D eigenvalue weighted by molar-refractivity contribution is 0.194. The summed E-state index contributed by atoms with van der Waals surface area (Å²) in [5.74, 6) is 1.17. The van der Waals surface area contributed by atoms with Gasteiger partial charge >= 0.3 is 0 Å². The molecule has 1 fully saturated rings. The van der Waals surface area contributed by atoms with Crippen LogP contribution in [0.4, 0.5) is 5.82 Å². The van der Waals surface area contributed by atoms with Crippen molar-refractivity contribution in [3.05, 3.63) is 9.88 Å². The molecule has 3 nitrogen and oxygen atoms in total. The molecule has 2 heterocycles. The molecule has 0 amide bonds. The smallest absolute Gasteiger partial charge is 0.137 e. The summed E-state index contributed by atoms with van der Waals surface area (Å²) in [6.45, 7) is 3.68. The number of ether oxygens (including phenoxy) is 1. The second kappa shape index (κ2) is 3.03. The first-order chi connectivity index (χ1) is 5.77. The Bertz CT molecular complexity index is 259. The van der Waals surface area contributed by atoms with Crippen LogP contribution in [0.25, 0.3) is 0 Å². The van der Waals surface area contributed by atoms with E-state index < -0.39 is 0 Å². The molecule has 1 atom stereocenters. The second-order valence-electron chi connectivity index (χ2n) is 3.05. The van der Waals surface area contributed by atoms with Gasteiger partial charge in [0.1, 0.15) is 10.8 Å². The van der Waals surface area contributed by atoms with Crippen molar-refractivity contribution in [1.29, 1.82) is 0 Å². The summed E-state index contributed by atoms with van der Waals surface area (Å²) < 4.78 is 5.29. The molecule has 1 unspecified atom stereocenters. The summed E-state index contributed by atoms with van der Waals surface area (Å²) >= 11 is 1.70. The zero-order valence-corrected chi connectivity index (χ0v) is 7.86. The molecule has 2 N–H and O–H groups in total. The van der Waals surface area contributed by atoms with Crippen molar-refractivity contribution in [2.45, 2.75) is 19.3 Å². The van der Waals surface area contributed by atoms with Gasteiger partial charge in [0, 0.05) is 17.4 Å². The lowest BCUT2D eigenvalue weighted by atomic mass is 10.1. The van der Waals surface area contributed by atoms with Crippen LogP contribution in [0.2, 0.25) is 0 Å². The number of aromatic nitrogens is 1. The van der Waals surface area contributed by atoms with Gasteiger partial charge in [-0.2, -0.15) is 0 Å². The number of nitrogens with two attached hydrogens (primary N) is 1. The zero-order chi connectivity index (χ0) is 8.55. The molecule has 0 bridgehead atoms. The predicted octanol–water partition coefficient (Wildman–Crippen LogP) is 1.54. The highest BCUT2D eigenvalue weighted by molar-refractivity contribution is 7.12. The van der Waals surface area contributed by atoms with Gasteiger partial charge in [-0.15, -0.1) is 11.3 Å². The van der Waals surface area contributed by atoms with Crippen molar-refractivity contribution in [2.75, 3.05) is 18.9 Å². The average Bonchev–Trinajstić information content (AvgIpc) is 2.61. The molecular weight excluding hydrogens is 172 g/mol. The van der Waals surface area contributed by atoms with Crippen LogP contribution < -0.4 is 5.73 Å². The van der Waals surface area contributed by atoms with Gasteiger partial charge < -0.3 is 10.5 Å². The van der Waals surface area contributed by atoms with Crippen molar-refractivity contribution >= 4 is 17.2 Å². The average molecular weight is 184 g/mol. The van der Waals surface area contributed by atoms with E-state index in [0.29, 0.717) is 11.7 Å². The number of hydrogen-bond donors (Lipinski definition) is 1. The highest BCUT2D eigenvalue weighted by Gasteiger charge is 2.21. The second-order valence-corrected chi connectivity index (χ2v) is 4.29. The molecule has 0 radical (unpaired) electrons. The Morgan fingerprint density at radius 2 is 2.50 bits per heavy atom. The van der Waals surface area contributed by atoms with Crippen LogP contribution in [0.1, 0.15) is 22.2 Å². The third-order valence-electron chi connectivity index (χ3n) is 2.13. The Morgan fingerprint density at radius 3 is 3.00 bits per heavy atom. The van der Waals surface area contributed by atoms with Crippen LogP contribution in [0, 0.1) is 6.92 Å². The van der Waals surface area contributed by atoms with Crippen molar-refractivity contribution in [2.24, 2.45) is 0 Å². The summed E-state index contributed by atoms with van der Waals surface area (Å²) in [6, 6.07) is 0. The van der Waals surface area contributed by atoms with Crippen LogP contribution >= 0.6 is 11.3 Å². The summed E-state index contributed by atoms with van der Waals surface area (Å²) in [6.07, 6.45) is 1.09. The lowest BCUT2D eigenvalue weighted by Gasteiger charge is -1.99. The summed E-state index contributed by atoms with van der Waals surface area (Å²) in [5, 5.41) is 1.14. The maximum atomic E-state index is 5.67. The fourth-order valence-corrected chi connectivity index (χ4v) is 2.29. The zero-order valence-electron chi connectivity index (χ0n) is 7.04. The summed E-state index contributed by atoms with van der Waals surface area (Å²) in [4.78, 5) is 5.43. The maximum Gasteiger partial charge on any atom is 0.137 e. The van der Waals surface area contributed by atoms with Gasteiger partial charge in [-0.1, -0.05) is 0 Å². The van der Waals surface area contributed by atoms with Crippen LogP contribution in [-0.4, -0.2) is 18.2 Å². The van der Waals surface area contributed by atoms with E-state index in [9.17, 15) is 0 Å². The van der Waals surface area contributed by atoms with Crippen molar-refractivity contribution in [3.63, 3.8) is 0 Å². The Hall–Kier alpha value is -0.610. The maximum absolute atomic E-state index is 5.67. The molecular formula is C8H12N2OS. The number of rotatable bonds is 1. The van der Waals surface area contributed by atoms with E-state index in [1.54, 1.807) is 11.3 Å². The number of nitrogen functional groups attached to an aromatic ring is 1. The number of thiazole rings is 1. The third-order valence-corrected chi connectivity index (χ3v) is 3.28. The highest BCUT2D eigenvalue weighted by atomic mass is 32.1. The molecule has 66 valence electrons. The van der Waals surface area contributed by atoms with E-state index in [1.165, 1.54) is 0 Å². The SMILES string of the molecule is Cc1sc(C2CCOC2)nc1N. The number of anilines is 1. The van der Waals surface area contributed by atoms with Crippen LogP contribution in [-0.2, 0) is 4.74 Å². The van der Waals surface area contributed by atoms with Crippen LogP contribution in [0.5, 0.6) is 0 Å². The predicted molar refractivity (Wildman–Crippen MR) is 49.4 cm³/mol. The van der Waals surface area contributed by atoms with Gasteiger partial charge in [0.15, 0.2) is 0 Å². The molecule has 0 aromatic carbocycles. The third kappa shape index (κ3) is 1.32. The Labute approximate surface area is 75.6 Å². The van der Waals surface area contributed by atoms with Gasteiger partial charge in [-0.3, -0.25) is 0 Å².